The van der Waals surface area contributed by atoms with Gasteiger partial charge in [0.25, 0.3) is 0 Å². The summed E-state index contributed by atoms with van der Waals surface area (Å²) < 4.78 is 7.46. The maximum absolute atomic E-state index is 12.3. The fraction of sp³-hybridized carbons (Fsp3) is 0.263. The van der Waals surface area contributed by atoms with E-state index in [0.29, 0.717) is 5.75 Å². The van der Waals surface area contributed by atoms with E-state index in [-0.39, 0.29) is 5.91 Å². The number of amides is 1. The number of benzene rings is 2. The fourth-order valence-corrected chi connectivity index (χ4v) is 4.71. The Balaban J connectivity index is 1.35. The van der Waals surface area contributed by atoms with Crippen LogP contribution in [0, 0.1) is 0 Å². The van der Waals surface area contributed by atoms with E-state index in [0.717, 1.165) is 52.2 Å². The van der Waals surface area contributed by atoms with Crippen LogP contribution in [0.4, 0.5) is 11.4 Å². The van der Waals surface area contributed by atoms with Gasteiger partial charge in [-0.15, -0.1) is 11.3 Å². The average Bonchev–Trinajstić information content (AvgIpc) is 3.10. The number of anilines is 2. The number of aromatic nitrogens is 1. The van der Waals surface area contributed by atoms with E-state index in [1.54, 1.807) is 11.3 Å². The summed E-state index contributed by atoms with van der Waals surface area (Å²) in [4.78, 5) is 19.1. The third-order valence-corrected chi connectivity index (χ3v) is 6.29. The second-order valence-electron chi connectivity index (χ2n) is 5.93. The zero-order valence-corrected chi connectivity index (χ0v) is 15.8. The Bertz CT molecular complexity index is 873. The largest absolute Gasteiger partial charge is 0.378 e. The molecule has 0 unspecified atom stereocenters. The van der Waals surface area contributed by atoms with Crippen LogP contribution in [-0.4, -0.2) is 42.9 Å². The lowest BCUT2D eigenvalue weighted by Crippen LogP contribution is -2.36. The smallest absolute Gasteiger partial charge is 0.234 e. The van der Waals surface area contributed by atoms with Gasteiger partial charge >= 0.3 is 0 Å². The molecule has 4 rings (SSSR count). The van der Waals surface area contributed by atoms with Crippen LogP contribution in [-0.2, 0) is 9.53 Å². The molecule has 1 aliphatic heterocycles. The number of nitrogens with one attached hydrogen (secondary N) is 1. The topological polar surface area (TPSA) is 54.5 Å². The number of hydrogen-bond donors (Lipinski definition) is 1. The first-order valence-electron chi connectivity index (χ1n) is 8.49. The first-order valence-corrected chi connectivity index (χ1v) is 10.3. The number of thiazole rings is 1. The first kappa shape index (κ1) is 17.3. The van der Waals surface area contributed by atoms with Gasteiger partial charge in [0, 0.05) is 24.5 Å². The van der Waals surface area contributed by atoms with E-state index in [2.05, 4.69) is 21.3 Å². The number of morpholine rings is 1. The molecule has 0 radical (unpaired) electrons. The minimum atomic E-state index is -0.0200. The van der Waals surface area contributed by atoms with Crippen molar-refractivity contribution in [3.05, 3.63) is 48.5 Å². The van der Waals surface area contributed by atoms with Crippen molar-refractivity contribution in [1.82, 2.24) is 4.98 Å². The van der Waals surface area contributed by atoms with Gasteiger partial charge in [0.05, 0.1) is 29.2 Å². The Hall–Kier alpha value is -2.09. The van der Waals surface area contributed by atoms with Gasteiger partial charge in [0.1, 0.15) is 0 Å². The van der Waals surface area contributed by atoms with E-state index in [1.807, 2.05) is 42.5 Å². The number of thioether (sulfide) groups is 1. The molecular weight excluding hydrogens is 366 g/mol. The van der Waals surface area contributed by atoms with Crippen LogP contribution in [0.5, 0.6) is 0 Å². The molecule has 0 spiro atoms. The Kier molecular flexibility index (Phi) is 5.38. The molecule has 1 amide bonds. The normalized spacial score (nSPS) is 14.5. The molecule has 0 atom stereocenters. The van der Waals surface area contributed by atoms with Crippen molar-refractivity contribution >= 4 is 50.6 Å². The third-order valence-electron chi connectivity index (χ3n) is 4.11. The number of nitrogens with zero attached hydrogens (tertiary/aromatic N) is 2. The SMILES string of the molecule is O=C(CSc1nc2ccccc2s1)Nc1cccc(N2CCOCC2)c1. The predicted molar refractivity (Wildman–Crippen MR) is 108 cm³/mol. The molecule has 1 aromatic heterocycles. The molecule has 1 N–H and O–H groups in total. The van der Waals surface area contributed by atoms with Crippen molar-refractivity contribution in [3.63, 3.8) is 0 Å². The van der Waals surface area contributed by atoms with Crippen molar-refractivity contribution in [1.29, 1.82) is 0 Å². The monoisotopic (exact) mass is 385 g/mol. The zero-order valence-electron chi connectivity index (χ0n) is 14.2. The van der Waals surface area contributed by atoms with E-state index in [4.69, 9.17) is 4.74 Å². The Labute approximate surface area is 160 Å². The number of ether oxygens (including phenoxy) is 1. The molecule has 0 saturated carbocycles. The zero-order chi connectivity index (χ0) is 17.8. The molecule has 5 nitrogen and oxygen atoms in total. The maximum Gasteiger partial charge on any atom is 0.234 e. The van der Waals surface area contributed by atoms with Crippen LogP contribution in [0.25, 0.3) is 10.2 Å². The summed E-state index contributed by atoms with van der Waals surface area (Å²) in [6.45, 7) is 3.25. The summed E-state index contributed by atoms with van der Waals surface area (Å²) in [6.07, 6.45) is 0. The highest BCUT2D eigenvalue weighted by molar-refractivity contribution is 8.01. The summed E-state index contributed by atoms with van der Waals surface area (Å²) in [5.74, 6) is 0.329. The third kappa shape index (κ3) is 4.17. The van der Waals surface area contributed by atoms with Gasteiger partial charge < -0.3 is 15.0 Å². The van der Waals surface area contributed by atoms with Gasteiger partial charge in [-0.25, -0.2) is 4.98 Å². The molecule has 26 heavy (non-hydrogen) atoms. The number of hydrogen-bond acceptors (Lipinski definition) is 6. The Morgan fingerprint density at radius 1 is 1.19 bits per heavy atom. The predicted octanol–water partition coefficient (Wildman–Crippen LogP) is 3.86. The summed E-state index contributed by atoms with van der Waals surface area (Å²) >= 11 is 3.09. The lowest BCUT2D eigenvalue weighted by molar-refractivity contribution is -0.113. The van der Waals surface area contributed by atoms with E-state index in [1.165, 1.54) is 11.8 Å². The van der Waals surface area contributed by atoms with Gasteiger partial charge in [-0.05, 0) is 30.3 Å². The fourth-order valence-electron chi connectivity index (χ4n) is 2.84. The summed E-state index contributed by atoms with van der Waals surface area (Å²) in [5.41, 5.74) is 2.92. The van der Waals surface area contributed by atoms with Crippen molar-refractivity contribution in [2.45, 2.75) is 4.34 Å². The van der Waals surface area contributed by atoms with Crippen LogP contribution in [0.3, 0.4) is 0 Å². The van der Waals surface area contributed by atoms with E-state index >= 15 is 0 Å². The van der Waals surface area contributed by atoms with Crippen molar-refractivity contribution in [3.8, 4) is 0 Å². The van der Waals surface area contributed by atoms with Crippen LogP contribution >= 0.6 is 23.1 Å². The molecule has 0 aliphatic carbocycles. The standard InChI is InChI=1S/C19H19N3O2S2/c23-18(13-25-19-21-16-6-1-2-7-17(16)26-19)20-14-4-3-5-15(12-14)22-8-10-24-11-9-22/h1-7,12H,8-11,13H2,(H,20,23). The quantitative estimate of drug-likeness (QED) is 0.676. The highest BCUT2D eigenvalue weighted by Crippen LogP contribution is 2.29. The number of para-hydroxylation sites is 1. The molecule has 134 valence electrons. The Morgan fingerprint density at radius 2 is 2.04 bits per heavy atom. The Morgan fingerprint density at radius 3 is 2.88 bits per heavy atom. The summed E-state index contributed by atoms with van der Waals surface area (Å²) in [5, 5.41) is 2.98. The van der Waals surface area contributed by atoms with Crippen LogP contribution in [0.15, 0.2) is 52.9 Å². The number of carbonyl (C=O) groups excluding carboxylic acids is 1. The van der Waals surface area contributed by atoms with Crippen LogP contribution in [0.2, 0.25) is 0 Å². The minimum Gasteiger partial charge on any atom is -0.378 e. The summed E-state index contributed by atoms with van der Waals surface area (Å²) in [7, 11) is 0. The maximum atomic E-state index is 12.3. The molecule has 1 aliphatic rings. The molecule has 1 saturated heterocycles. The lowest BCUT2D eigenvalue weighted by Gasteiger charge is -2.29. The molecule has 2 heterocycles. The van der Waals surface area contributed by atoms with Gasteiger partial charge in [-0.2, -0.15) is 0 Å². The average molecular weight is 386 g/mol. The van der Waals surface area contributed by atoms with Crippen LogP contribution < -0.4 is 10.2 Å². The molecule has 0 bridgehead atoms. The number of carbonyl (C=O) groups is 1. The molecule has 2 aromatic carbocycles. The van der Waals surface area contributed by atoms with Gasteiger partial charge in [0.15, 0.2) is 4.34 Å². The van der Waals surface area contributed by atoms with Crippen molar-refractivity contribution in [2.75, 3.05) is 42.3 Å². The lowest BCUT2D eigenvalue weighted by atomic mass is 10.2. The molecular formula is C19H19N3O2S2. The molecule has 7 heteroatoms. The molecule has 1 fully saturated rings. The summed E-state index contributed by atoms with van der Waals surface area (Å²) in [6, 6.07) is 16.0. The molecule has 3 aromatic rings. The van der Waals surface area contributed by atoms with E-state index in [9.17, 15) is 4.79 Å². The second-order valence-corrected chi connectivity index (χ2v) is 8.19. The minimum absolute atomic E-state index is 0.0200. The first-order chi connectivity index (χ1) is 12.8. The number of fused-ring (bicyclic) bond motifs is 1. The van der Waals surface area contributed by atoms with Gasteiger partial charge in [-0.3, -0.25) is 4.79 Å². The van der Waals surface area contributed by atoms with Crippen molar-refractivity contribution in [2.24, 2.45) is 0 Å². The number of rotatable bonds is 5. The second kappa shape index (κ2) is 8.07. The van der Waals surface area contributed by atoms with Crippen LogP contribution in [0.1, 0.15) is 0 Å². The van der Waals surface area contributed by atoms with E-state index < -0.39 is 0 Å². The van der Waals surface area contributed by atoms with Gasteiger partial charge in [-0.1, -0.05) is 30.0 Å². The highest BCUT2D eigenvalue weighted by atomic mass is 32.2. The van der Waals surface area contributed by atoms with Gasteiger partial charge in [0.2, 0.25) is 5.91 Å². The highest BCUT2D eigenvalue weighted by Gasteiger charge is 2.12. The van der Waals surface area contributed by atoms with Crippen molar-refractivity contribution < 1.29 is 9.53 Å².